The Morgan fingerprint density at radius 3 is 2.75 bits per heavy atom. The molecule has 66 valence electrons. The molecule has 0 atom stereocenters. The van der Waals surface area contributed by atoms with E-state index in [1.807, 2.05) is 6.92 Å². The molecular weight excluding hydrogens is 154 g/mol. The van der Waals surface area contributed by atoms with Gasteiger partial charge in [-0.25, -0.2) is 0 Å². The van der Waals surface area contributed by atoms with E-state index in [1.165, 1.54) is 6.07 Å². The zero-order chi connectivity index (χ0) is 9.14. The van der Waals surface area contributed by atoms with Crippen LogP contribution >= 0.6 is 0 Å². The first-order chi connectivity index (χ1) is 5.69. The van der Waals surface area contributed by atoms with Crippen molar-refractivity contribution in [2.75, 3.05) is 7.11 Å². The van der Waals surface area contributed by atoms with E-state index in [0.717, 1.165) is 12.0 Å². The van der Waals surface area contributed by atoms with Crippen molar-refractivity contribution in [3.63, 3.8) is 0 Å². The maximum atomic E-state index is 11.1. The maximum Gasteiger partial charge on any atom is 0.253 e. The zero-order valence-corrected chi connectivity index (χ0v) is 7.63. The molecule has 0 saturated heterocycles. The molecule has 1 heterocycles. The second kappa shape index (κ2) is 3.43. The number of aryl methyl sites for hydroxylation is 2. The van der Waals surface area contributed by atoms with E-state index in [9.17, 15) is 4.79 Å². The fraction of sp³-hybridized carbons (Fsp3) is 0.444. The quantitative estimate of drug-likeness (QED) is 0.656. The average Bonchev–Trinajstić information content (AvgIpc) is 2.09. The number of nitrogens with zero attached hydrogens (tertiary/aromatic N) is 1. The summed E-state index contributed by atoms with van der Waals surface area (Å²) in [5.74, 6) is 0.681. The van der Waals surface area contributed by atoms with Crippen LogP contribution in [0.4, 0.5) is 0 Å². The predicted octanol–water partition coefficient (Wildman–Crippen LogP) is 0.956. The van der Waals surface area contributed by atoms with Gasteiger partial charge in [-0.3, -0.25) is 4.79 Å². The van der Waals surface area contributed by atoms with Crippen molar-refractivity contribution in [1.82, 2.24) is 4.57 Å². The summed E-state index contributed by atoms with van der Waals surface area (Å²) in [6.45, 7) is 2.03. The second-order valence-electron chi connectivity index (χ2n) is 2.67. The Labute approximate surface area is 71.6 Å². The smallest absolute Gasteiger partial charge is 0.253 e. The molecule has 0 aliphatic carbocycles. The topological polar surface area (TPSA) is 31.2 Å². The van der Waals surface area contributed by atoms with E-state index in [-0.39, 0.29) is 5.56 Å². The maximum absolute atomic E-state index is 11.1. The first kappa shape index (κ1) is 8.84. The van der Waals surface area contributed by atoms with Crippen molar-refractivity contribution in [3.05, 3.63) is 28.2 Å². The Morgan fingerprint density at radius 1 is 1.58 bits per heavy atom. The third kappa shape index (κ3) is 1.49. The predicted molar refractivity (Wildman–Crippen MR) is 47.6 cm³/mol. The minimum absolute atomic E-state index is 0.0379. The van der Waals surface area contributed by atoms with Crippen LogP contribution in [0.2, 0.25) is 0 Å². The lowest BCUT2D eigenvalue weighted by atomic mass is 10.2. The Morgan fingerprint density at radius 2 is 2.25 bits per heavy atom. The van der Waals surface area contributed by atoms with Gasteiger partial charge in [0, 0.05) is 24.9 Å². The van der Waals surface area contributed by atoms with E-state index in [0.29, 0.717) is 5.75 Å². The van der Waals surface area contributed by atoms with Gasteiger partial charge in [0.1, 0.15) is 5.75 Å². The Hall–Kier alpha value is -1.25. The molecule has 0 amide bonds. The van der Waals surface area contributed by atoms with Crippen LogP contribution in [0.25, 0.3) is 0 Å². The molecule has 1 aromatic rings. The van der Waals surface area contributed by atoms with Gasteiger partial charge in [0.05, 0.1) is 7.11 Å². The van der Waals surface area contributed by atoms with Gasteiger partial charge >= 0.3 is 0 Å². The summed E-state index contributed by atoms with van der Waals surface area (Å²) >= 11 is 0. The molecule has 0 radical (unpaired) electrons. The van der Waals surface area contributed by atoms with Gasteiger partial charge in [-0.15, -0.1) is 0 Å². The number of hydrogen-bond acceptors (Lipinski definition) is 2. The molecule has 0 aliphatic rings. The SMILES string of the molecule is CCc1cn(C)c(=O)cc1OC. The van der Waals surface area contributed by atoms with E-state index in [4.69, 9.17) is 4.74 Å². The van der Waals surface area contributed by atoms with Crippen LogP contribution in [0, 0.1) is 0 Å². The molecule has 12 heavy (non-hydrogen) atoms. The second-order valence-corrected chi connectivity index (χ2v) is 2.67. The summed E-state index contributed by atoms with van der Waals surface area (Å²) in [4.78, 5) is 11.1. The molecule has 1 rings (SSSR count). The van der Waals surface area contributed by atoms with Gasteiger partial charge in [0.15, 0.2) is 0 Å². The Kier molecular flexibility index (Phi) is 2.53. The van der Waals surface area contributed by atoms with Gasteiger partial charge in [0.25, 0.3) is 5.56 Å². The fourth-order valence-electron chi connectivity index (χ4n) is 1.12. The lowest BCUT2D eigenvalue weighted by molar-refractivity contribution is 0.407. The molecule has 3 heteroatoms. The minimum atomic E-state index is -0.0379. The molecule has 0 spiro atoms. The first-order valence-electron chi connectivity index (χ1n) is 3.92. The number of pyridine rings is 1. The molecule has 3 nitrogen and oxygen atoms in total. The number of methoxy groups -OCH3 is 1. The highest BCUT2D eigenvalue weighted by atomic mass is 16.5. The largest absolute Gasteiger partial charge is 0.496 e. The van der Waals surface area contributed by atoms with E-state index < -0.39 is 0 Å². The fourth-order valence-corrected chi connectivity index (χ4v) is 1.12. The molecule has 0 bridgehead atoms. The molecule has 0 fully saturated rings. The molecule has 1 aromatic heterocycles. The third-order valence-electron chi connectivity index (χ3n) is 1.87. The van der Waals surface area contributed by atoms with Crippen LogP contribution in [-0.4, -0.2) is 11.7 Å². The minimum Gasteiger partial charge on any atom is -0.496 e. The van der Waals surface area contributed by atoms with Crippen LogP contribution in [0.15, 0.2) is 17.1 Å². The van der Waals surface area contributed by atoms with Crippen molar-refractivity contribution in [3.8, 4) is 5.75 Å². The molecule has 0 aromatic carbocycles. The zero-order valence-electron chi connectivity index (χ0n) is 7.63. The van der Waals surface area contributed by atoms with Crippen molar-refractivity contribution in [1.29, 1.82) is 0 Å². The third-order valence-corrected chi connectivity index (χ3v) is 1.87. The van der Waals surface area contributed by atoms with E-state index in [1.54, 1.807) is 24.9 Å². The lowest BCUT2D eigenvalue weighted by Gasteiger charge is -2.07. The number of hydrogen-bond donors (Lipinski definition) is 0. The van der Waals surface area contributed by atoms with Crippen LogP contribution in [-0.2, 0) is 13.5 Å². The summed E-state index contributed by atoms with van der Waals surface area (Å²) in [6, 6.07) is 1.51. The average molecular weight is 167 g/mol. The van der Waals surface area contributed by atoms with Crippen LogP contribution in [0.1, 0.15) is 12.5 Å². The number of aromatic nitrogens is 1. The first-order valence-corrected chi connectivity index (χ1v) is 3.92. The van der Waals surface area contributed by atoms with Crippen molar-refractivity contribution in [2.24, 2.45) is 7.05 Å². The van der Waals surface area contributed by atoms with Gasteiger partial charge in [0.2, 0.25) is 0 Å². The summed E-state index contributed by atoms with van der Waals surface area (Å²) < 4.78 is 6.62. The highest BCUT2D eigenvalue weighted by molar-refractivity contribution is 5.30. The molecular formula is C9H13NO2. The summed E-state index contributed by atoms with van der Waals surface area (Å²) in [6.07, 6.45) is 2.68. The van der Waals surface area contributed by atoms with Gasteiger partial charge < -0.3 is 9.30 Å². The number of ether oxygens (including phenoxy) is 1. The molecule has 0 unspecified atom stereocenters. The summed E-state index contributed by atoms with van der Waals surface area (Å²) in [5.41, 5.74) is 1.02. The van der Waals surface area contributed by atoms with Crippen LogP contribution < -0.4 is 10.3 Å². The van der Waals surface area contributed by atoms with E-state index >= 15 is 0 Å². The highest BCUT2D eigenvalue weighted by Gasteiger charge is 2.02. The van der Waals surface area contributed by atoms with E-state index in [2.05, 4.69) is 0 Å². The van der Waals surface area contributed by atoms with Crippen molar-refractivity contribution >= 4 is 0 Å². The lowest BCUT2D eigenvalue weighted by Crippen LogP contribution is -2.16. The van der Waals surface area contributed by atoms with Gasteiger partial charge in [-0.05, 0) is 6.42 Å². The monoisotopic (exact) mass is 167 g/mol. The summed E-state index contributed by atoms with van der Waals surface area (Å²) in [5, 5.41) is 0. The van der Waals surface area contributed by atoms with Gasteiger partial charge in [-0.2, -0.15) is 0 Å². The Balaban J connectivity index is 3.29. The standard InChI is InChI=1S/C9H13NO2/c1-4-7-6-10(2)9(11)5-8(7)12-3/h5-6H,4H2,1-3H3. The molecule has 0 saturated carbocycles. The normalized spacial score (nSPS) is 9.92. The highest BCUT2D eigenvalue weighted by Crippen LogP contribution is 2.14. The summed E-state index contributed by atoms with van der Waals surface area (Å²) in [7, 11) is 3.31. The molecule has 0 aliphatic heterocycles. The Bertz CT molecular complexity index is 328. The van der Waals surface area contributed by atoms with Crippen LogP contribution in [0.5, 0.6) is 5.75 Å². The van der Waals surface area contributed by atoms with Crippen molar-refractivity contribution in [2.45, 2.75) is 13.3 Å². The molecule has 0 N–H and O–H groups in total. The van der Waals surface area contributed by atoms with Gasteiger partial charge in [-0.1, -0.05) is 6.92 Å². The van der Waals surface area contributed by atoms with Crippen molar-refractivity contribution < 1.29 is 4.74 Å². The van der Waals surface area contributed by atoms with Crippen LogP contribution in [0.3, 0.4) is 0 Å². The number of rotatable bonds is 2.